The van der Waals surface area contributed by atoms with Crippen molar-refractivity contribution in [3.63, 3.8) is 0 Å². The van der Waals surface area contributed by atoms with E-state index >= 15 is 0 Å². The summed E-state index contributed by atoms with van der Waals surface area (Å²) in [4.78, 5) is 26.6. The molecule has 0 aliphatic carbocycles. The fraction of sp³-hybridized carbons (Fsp3) is 0.667. The van der Waals surface area contributed by atoms with E-state index in [0.717, 1.165) is 18.4 Å². The van der Waals surface area contributed by atoms with Crippen molar-refractivity contribution in [1.82, 2.24) is 0 Å². The Morgan fingerprint density at radius 2 is 1.47 bits per heavy atom. The minimum Gasteiger partial charge on any atom is -0.375 e. The number of allylic oxidation sites excluding steroid dienone is 1. The van der Waals surface area contributed by atoms with Crippen LogP contribution in [0.3, 0.4) is 0 Å². The molecular weight excluding hydrogens is 424 g/mol. The topological polar surface area (TPSA) is 52.6 Å². The first kappa shape index (κ1) is 30.3. The van der Waals surface area contributed by atoms with Crippen molar-refractivity contribution in [3.05, 3.63) is 48.6 Å². The second kappa shape index (κ2) is 11.8. The first-order valence-corrected chi connectivity index (χ1v) is 12.5. The summed E-state index contributed by atoms with van der Waals surface area (Å²) in [6, 6.07) is 9.66. The highest BCUT2D eigenvalue weighted by Crippen LogP contribution is 2.41. The Balaban J connectivity index is 2.94. The lowest BCUT2D eigenvalue weighted by molar-refractivity contribution is -0.168. The molecule has 4 nitrogen and oxygen atoms in total. The van der Waals surface area contributed by atoms with Crippen molar-refractivity contribution < 1.29 is 19.1 Å². The van der Waals surface area contributed by atoms with Gasteiger partial charge in [-0.3, -0.25) is 9.59 Å². The Morgan fingerprint density at radius 3 is 1.94 bits per heavy atom. The summed E-state index contributed by atoms with van der Waals surface area (Å²) < 4.78 is 12.6. The number of hydrogen-bond acceptors (Lipinski definition) is 4. The molecule has 0 aromatic heterocycles. The summed E-state index contributed by atoms with van der Waals surface area (Å²) in [6.07, 6.45) is 3.30. The lowest BCUT2D eigenvalue weighted by Crippen LogP contribution is -2.50. The molecule has 192 valence electrons. The van der Waals surface area contributed by atoms with Crippen LogP contribution < -0.4 is 0 Å². The molecule has 34 heavy (non-hydrogen) atoms. The fourth-order valence-electron chi connectivity index (χ4n) is 3.89. The van der Waals surface area contributed by atoms with Gasteiger partial charge in [0, 0.05) is 17.9 Å². The van der Waals surface area contributed by atoms with E-state index in [1.807, 2.05) is 106 Å². The number of rotatable bonds is 13. The van der Waals surface area contributed by atoms with Gasteiger partial charge in [0.25, 0.3) is 0 Å². The van der Waals surface area contributed by atoms with Crippen molar-refractivity contribution in [2.24, 2.45) is 16.7 Å². The molecule has 0 amide bonds. The van der Waals surface area contributed by atoms with Gasteiger partial charge in [-0.2, -0.15) is 0 Å². The molecule has 4 heteroatoms. The normalized spacial score (nSPS) is 15.0. The molecule has 0 saturated heterocycles. The number of benzene rings is 1. The molecule has 1 rings (SSSR count). The van der Waals surface area contributed by atoms with E-state index in [4.69, 9.17) is 9.47 Å². The lowest BCUT2D eigenvalue weighted by Gasteiger charge is -2.43. The zero-order chi connectivity index (χ0) is 26.4. The van der Waals surface area contributed by atoms with Crippen LogP contribution in [0.1, 0.15) is 100 Å². The molecule has 0 radical (unpaired) electrons. The van der Waals surface area contributed by atoms with Gasteiger partial charge in [0.05, 0.1) is 16.6 Å². The Labute approximate surface area is 208 Å². The van der Waals surface area contributed by atoms with E-state index in [9.17, 15) is 9.59 Å². The van der Waals surface area contributed by atoms with Crippen LogP contribution in [-0.2, 0) is 19.1 Å². The quantitative estimate of drug-likeness (QED) is 0.220. The van der Waals surface area contributed by atoms with E-state index in [1.165, 1.54) is 0 Å². The summed E-state index contributed by atoms with van der Waals surface area (Å²) in [6.45, 7) is 23.9. The van der Waals surface area contributed by atoms with Crippen LogP contribution >= 0.6 is 0 Å². The summed E-state index contributed by atoms with van der Waals surface area (Å²) >= 11 is 0. The largest absolute Gasteiger partial charge is 0.375 e. The van der Waals surface area contributed by atoms with Crippen molar-refractivity contribution in [3.8, 4) is 0 Å². The van der Waals surface area contributed by atoms with E-state index < -0.39 is 22.7 Å². The van der Waals surface area contributed by atoms with Gasteiger partial charge >= 0.3 is 0 Å². The Hall–Kier alpha value is -1.78. The average Bonchev–Trinajstić information content (AvgIpc) is 2.72. The zero-order valence-corrected chi connectivity index (χ0v) is 23.3. The van der Waals surface area contributed by atoms with Crippen LogP contribution in [0, 0.1) is 16.7 Å². The standard InChI is InChI=1S/C30H48O4/c1-12-17-23(25(31)27(2,3)4)20-16-21-33-30(10,11)29(8,9)26(32)24(34-28(5,6)7)22-18-14-13-15-19-22/h12-15,18-19,23-24H,1,16-17,20-21H2,2-11H3. The third kappa shape index (κ3) is 8.46. The number of ether oxygens (including phenoxy) is 2. The van der Waals surface area contributed by atoms with Gasteiger partial charge in [-0.25, -0.2) is 0 Å². The molecule has 0 fully saturated rings. The first-order valence-electron chi connectivity index (χ1n) is 12.5. The molecule has 0 N–H and O–H groups in total. The molecule has 1 aromatic carbocycles. The van der Waals surface area contributed by atoms with E-state index in [2.05, 4.69) is 6.58 Å². The van der Waals surface area contributed by atoms with Crippen molar-refractivity contribution >= 4 is 11.6 Å². The molecule has 2 atom stereocenters. The van der Waals surface area contributed by atoms with Crippen LogP contribution in [0.5, 0.6) is 0 Å². The van der Waals surface area contributed by atoms with Gasteiger partial charge in [0.2, 0.25) is 0 Å². The Bertz CT molecular complexity index is 806. The predicted octanol–water partition coefficient (Wildman–Crippen LogP) is 7.52. The molecule has 0 bridgehead atoms. The molecule has 0 aliphatic rings. The van der Waals surface area contributed by atoms with Gasteiger partial charge < -0.3 is 9.47 Å². The molecule has 1 aromatic rings. The zero-order valence-electron chi connectivity index (χ0n) is 23.3. The van der Waals surface area contributed by atoms with Crippen LogP contribution in [0.2, 0.25) is 0 Å². The van der Waals surface area contributed by atoms with Crippen molar-refractivity contribution in [2.75, 3.05) is 6.61 Å². The molecule has 0 spiro atoms. The fourth-order valence-corrected chi connectivity index (χ4v) is 3.89. The predicted molar refractivity (Wildman–Crippen MR) is 141 cm³/mol. The van der Waals surface area contributed by atoms with E-state index in [1.54, 1.807) is 0 Å². The summed E-state index contributed by atoms with van der Waals surface area (Å²) in [5, 5.41) is 0. The minimum absolute atomic E-state index is 0.00827. The maximum atomic E-state index is 13.9. The number of ketones is 2. The Morgan fingerprint density at radius 1 is 0.912 bits per heavy atom. The molecule has 2 unspecified atom stereocenters. The van der Waals surface area contributed by atoms with E-state index in [0.29, 0.717) is 13.0 Å². The van der Waals surface area contributed by atoms with Crippen LogP contribution in [0.15, 0.2) is 43.0 Å². The molecular formula is C30H48O4. The van der Waals surface area contributed by atoms with E-state index in [-0.39, 0.29) is 22.9 Å². The maximum absolute atomic E-state index is 13.9. The summed E-state index contributed by atoms with van der Waals surface area (Å²) in [7, 11) is 0. The number of carbonyl (C=O) groups is 2. The third-order valence-corrected chi connectivity index (χ3v) is 6.65. The lowest BCUT2D eigenvalue weighted by atomic mass is 9.71. The SMILES string of the molecule is C=CCC(CCCOC(C)(C)C(C)(C)C(=O)C(OC(C)(C)C)c1ccccc1)C(=O)C(C)(C)C. The average molecular weight is 473 g/mol. The van der Waals surface area contributed by atoms with Gasteiger partial charge in [-0.1, -0.05) is 71.0 Å². The first-order chi connectivity index (χ1) is 15.4. The highest BCUT2D eigenvalue weighted by Gasteiger charge is 2.48. The summed E-state index contributed by atoms with van der Waals surface area (Å²) in [5.41, 5.74) is -1.53. The Kier molecular flexibility index (Phi) is 10.5. The smallest absolute Gasteiger partial charge is 0.174 e. The highest BCUT2D eigenvalue weighted by molar-refractivity contribution is 5.90. The second-order valence-corrected chi connectivity index (χ2v) is 12.3. The molecule has 0 aliphatic heterocycles. The minimum atomic E-state index is -0.805. The molecule has 0 heterocycles. The van der Waals surface area contributed by atoms with Gasteiger partial charge in [0.15, 0.2) is 5.78 Å². The number of hydrogen-bond donors (Lipinski definition) is 0. The monoisotopic (exact) mass is 472 g/mol. The van der Waals surface area contributed by atoms with Crippen LogP contribution in [0.25, 0.3) is 0 Å². The van der Waals surface area contributed by atoms with Crippen molar-refractivity contribution in [1.29, 1.82) is 0 Å². The summed E-state index contributed by atoms with van der Waals surface area (Å²) in [5.74, 6) is 0.194. The van der Waals surface area contributed by atoms with Crippen molar-refractivity contribution in [2.45, 2.75) is 106 Å². The highest BCUT2D eigenvalue weighted by atomic mass is 16.5. The van der Waals surface area contributed by atoms with Crippen LogP contribution in [0.4, 0.5) is 0 Å². The van der Waals surface area contributed by atoms with Crippen LogP contribution in [-0.4, -0.2) is 29.4 Å². The third-order valence-electron chi connectivity index (χ3n) is 6.65. The number of carbonyl (C=O) groups excluding carboxylic acids is 2. The molecule has 0 saturated carbocycles. The van der Waals surface area contributed by atoms with Gasteiger partial charge in [-0.05, 0) is 59.4 Å². The maximum Gasteiger partial charge on any atom is 0.174 e. The van der Waals surface area contributed by atoms with Gasteiger partial charge in [-0.15, -0.1) is 6.58 Å². The number of Topliss-reactive ketones (excluding diaryl/α,β-unsaturated/α-hetero) is 2. The van der Waals surface area contributed by atoms with Gasteiger partial charge in [0.1, 0.15) is 11.9 Å². The second-order valence-electron chi connectivity index (χ2n) is 12.3.